The molecule has 0 amide bonds. The second-order valence-electron chi connectivity index (χ2n) is 5.40. The highest BCUT2D eigenvalue weighted by molar-refractivity contribution is 7.92. The standard InChI is InChI=1S/C13H24N4O2S/c1-3-7-17-13(15-10-16-17)9-11(14-2)12-6-4-5-8-20(12,18)19/h10-12,14H,3-9H2,1-2H3. The zero-order chi connectivity index (χ0) is 14.6. The maximum atomic E-state index is 12.2. The second-order valence-corrected chi connectivity index (χ2v) is 7.74. The van der Waals surface area contributed by atoms with E-state index in [0.29, 0.717) is 12.2 Å². The van der Waals surface area contributed by atoms with Gasteiger partial charge in [0.25, 0.3) is 0 Å². The molecule has 2 unspecified atom stereocenters. The first-order valence-electron chi connectivity index (χ1n) is 7.34. The Bertz CT molecular complexity index is 526. The average molecular weight is 300 g/mol. The van der Waals surface area contributed by atoms with E-state index >= 15 is 0 Å². The van der Waals surface area contributed by atoms with Crippen LogP contribution in [0.4, 0.5) is 0 Å². The van der Waals surface area contributed by atoms with Crippen LogP contribution in [0.25, 0.3) is 0 Å². The van der Waals surface area contributed by atoms with Crippen molar-refractivity contribution in [3.05, 3.63) is 12.2 Å². The monoisotopic (exact) mass is 300 g/mol. The van der Waals surface area contributed by atoms with Gasteiger partial charge in [-0.3, -0.25) is 4.68 Å². The fourth-order valence-corrected chi connectivity index (χ4v) is 5.06. The van der Waals surface area contributed by atoms with E-state index in [2.05, 4.69) is 22.3 Å². The number of rotatable bonds is 6. The third-order valence-corrected chi connectivity index (χ3v) is 6.33. The summed E-state index contributed by atoms with van der Waals surface area (Å²) < 4.78 is 26.4. The molecule has 1 saturated heterocycles. The summed E-state index contributed by atoms with van der Waals surface area (Å²) in [5.74, 6) is 1.18. The van der Waals surface area contributed by atoms with Crippen LogP contribution in [0.5, 0.6) is 0 Å². The van der Waals surface area contributed by atoms with Gasteiger partial charge in [0.2, 0.25) is 0 Å². The van der Waals surface area contributed by atoms with E-state index in [1.807, 2.05) is 11.7 Å². The van der Waals surface area contributed by atoms with Gasteiger partial charge >= 0.3 is 0 Å². The molecule has 1 aromatic rings. The van der Waals surface area contributed by atoms with Crippen LogP contribution in [0.15, 0.2) is 6.33 Å². The normalized spacial score (nSPS) is 23.6. The van der Waals surface area contributed by atoms with Gasteiger partial charge in [-0.1, -0.05) is 13.3 Å². The van der Waals surface area contributed by atoms with Gasteiger partial charge in [0.1, 0.15) is 12.2 Å². The van der Waals surface area contributed by atoms with Crippen LogP contribution in [0.2, 0.25) is 0 Å². The van der Waals surface area contributed by atoms with Crippen molar-refractivity contribution in [3.63, 3.8) is 0 Å². The third kappa shape index (κ3) is 3.38. The smallest absolute Gasteiger partial charge is 0.154 e. The summed E-state index contributed by atoms with van der Waals surface area (Å²) >= 11 is 0. The molecular formula is C13H24N4O2S. The Morgan fingerprint density at radius 2 is 2.30 bits per heavy atom. The molecule has 0 aliphatic carbocycles. The predicted molar refractivity (Wildman–Crippen MR) is 78.3 cm³/mol. The topological polar surface area (TPSA) is 76.9 Å². The fourth-order valence-electron chi connectivity index (χ4n) is 2.89. The van der Waals surface area contributed by atoms with E-state index < -0.39 is 9.84 Å². The molecule has 20 heavy (non-hydrogen) atoms. The van der Waals surface area contributed by atoms with Gasteiger partial charge in [-0.15, -0.1) is 0 Å². The molecule has 0 saturated carbocycles. The van der Waals surface area contributed by atoms with Gasteiger partial charge in [0.15, 0.2) is 9.84 Å². The molecule has 1 aromatic heterocycles. The van der Waals surface area contributed by atoms with Gasteiger partial charge in [-0.2, -0.15) is 5.10 Å². The molecule has 7 heteroatoms. The van der Waals surface area contributed by atoms with E-state index in [9.17, 15) is 8.42 Å². The number of hydrogen-bond donors (Lipinski definition) is 1. The van der Waals surface area contributed by atoms with Crippen LogP contribution < -0.4 is 5.32 Å². The summed E-state index contributed by atoms with van der Waals surface area (Å²) in [6.45, 7) is 2.91. The number of aryl methyl sites for hydroxylation is 1. The first-order chi connectivity index (χ1) is 9.58. The summed E-state index contributed by atoms with van der Waals surface area (Å²) in [4.78, 5) is 4.28. The Morgan fingerprint density at radius 1 is 1.50 bits per heavy atom. The molecule has 2 heterocycles. The quantitative estimate of drug-likeness (QED) is 0.840. The predicted octanol–water partition coefficient (Wildman–Crippen LogP) is 0.786. The van der Waals surface area contributed by atoms with Crippen molar-refractivity contribution in [1.29, 1.82) is 0 Å². The first kappa shape index (κ1) is 15.4. The molecule has 0 spiro atoms. The maximum Gasteiger partial charge on any atom is 0.154 e. The minimum absolute atomic E-state index is 0.0832. The lowest BCUT2D eigenvalue weighted by Crippen LogP contribution is -2.47. The highest BCUT2D eigenvalue weighted by Crippen LogP contribution is 2.23. The SMILES string of the molecule is CCCn1ncnc1CC(NC)C1CCCCS1(=O)=O. The van der Waals surface area contributed by atoms with Crippen LogP contribution in [0.1, 0.15) is 38.4 Å². The number of nitrogens with zero attached hydrogens (tertiary/aromatic N) is 3. The Balaban J connectivity index is 2.14. The first-order valence-corrected chi connectivity index (χ1v) is 9.05. The minimum atomic E-state index is -2.98. The Kier molecular flexibility index (Phi) is 5.15. The Morgan fingerprint density at radius 3 is 2.95 bits per heavy atom. The van der Waals surface area contributed by atoms with E-state index in [0.717, 1.165) is 38.1 Å². The van der Waals surface area contributed by atoms with Crippen LogP contribution in [0, 0.1) is 0 Å². The number of aromatic nitrogens is 3. The Hall–Kier alpha value is -0.950. The van der Waals surface area contributed by atoms with Crippen molar-refractivity contribution in [3.8, 4) is 0 Å². The molecule has 1 aliphatic heterocycles. The lowest BCUT2D eigenvalue weighted by atomic mass is 10.0. The number of nitrogens with one attached hydrogen (secondary N) is 1. The molecule has 0 aromatic carbocycles. The van der Waals surface area contributed by atoms with Gasteiger partial charge in [-0.25, -0.2) is 13.4 Å². The molecule has 114 valence electrons. The highest BCUT2D eigenvalue weighted by atomic mass is 32.2. The van der Waals surface area contributed by atoms with Crippen molar-refractivity contribution in [2.24, 2.45) is 0 Å². The van der Waals surface area contributed by atoms with E-state index in [4.69, 9.17) is 0 Å². The number of likely N-dealkylation sites (N-methyl/N-ethyl adjacent to an activating group) is 1. The minimum Gasteiger partial charge on any atom is -0.315 e. The lowest BCUT2D eigenvalue weighted by Gasteiger charge is -2.29. The van der Waals surface area contributed by atoms with Gasteiger partial charge < -0.3 is 5.32 Å². The number of hydrogen-bond acceptors (Lipinski definition) is 5. The lowest BCUT2D eigenvalue weighted by molar-refractivity contribution is 0.439. The van der Waals surface area contributed by atoms with Gasteiger partial charge in [-0.05, 0) is 26.3 Å². The van der Waals surface area contributed by atoms with E-state index in [1.54, 1.807) is 6.33 Å². The van der Waals surface area contributed by atoms with Crippen molar-refractivity contribution in [2.75, 3.05) is 12.8 Å². The van der Waals surface area contributed by atoms with Crippen LogP contribution >= 0.6 is 0 Å². The molecule has 1 N–H and O–H groups in total. The summed E-state index contributed by atoms with van der Waals surface area (Å²) in [6.07, 6.45) is 5.68. The Labute approximate surface area is 120 Å². The average Bonchev–Trinajstić information content (AvgIpc) is 2.84. The zero-order valence-corrected chi connectivity index (χ0v) is 13.1. The van der Waals surface area contributed by atoms with E-state index in [1.165, 1.54) is 0 Å². The molecule has 0 bridgehead atoms. The van der Waals surface area contributed by atoms with Crippen molar-refractivity contribution >= 4 is 9.84 Å². The number of sulfone groups is 1. The van der Waals surface area contributed by atoms with Gasteiger partial charge in [0.05, 0.1) is 11.0 Å². The highest BCUT2D eigenvalue weighted by Gasteiger charge is 2.35. The van der Waals surface area contributed by atoms with Crippen molar-refractivity contribution < 1.29 is 8.42 Å². The molecule has 1 aliphatic rings. The summed E-state index contributed by atoms with van der Waals surface area (Å²) in [5, 5.41) is 7.08. The molecule has 2 atom stereocenters. The fraction of sp³-hybridized carbons (Fsp3) is 0.846. The summed E-state index contributed by atoms with van der Waals surface area (Å²) in [7, 11) is -1.15. The van der Waals surface area contributed by atoms with Crippen molar-refractivity contribution in [1.82, 2.24) is 20.1 Å². The van der Waals surface area contributed by atoms with E-state index in [-0.39, 0.29) is 11.3 Å². The molecule has 6 nitrogen and oxygen atoms in total. The van der Waals surface area contributed by atoms with Crippen LogP contribution in [-0.2, 0) is 22.8 Å². The van der Waals surface area contributed by atoms with Gasteiger partial charge in [0, 0.05) is 19.0 Å². The molecule has 0 radical (unpaired) electrons. The maximum absolute atomic E-state index is 12.2. The zero-order valence-electron chi connectivity index (χ0n) is 12.2. The largest absolute Gasteiger partial charge is 0.315 e. The second kappa shape index (κ2) is 6.67. The molecule has 2 rings (SSSR count). The molecule has 1 fully saturated rings. The van der Waals surface area contributed by atoms with Crippen molar-refractivity contribution in [2.45, 2.75) is 56.9 Å². The summed E-state index contributed by atoms with van der Waals surface area (Å²) in [5.41, 5.74) is 0. The third-order valence-electron chi connectivity index (χ3n) is 3.98. The molecular weight excluding hydrogens is 276 g/mol. The van der Waals surface area contributed by atoms with Crippen LogP contribution in [-0.4, -0.2) is 47.3 Å². The van der Waals surface area contributed by atoms with Crippen LogP contribution in [0.3, 0.4) is 0 Å². The summed E-state index contributed by atoms with van der Waals surface area (Å²) in [6, 6.07) is -0.0832.